The van der Waals surface area contributed by atoms with Crippen LogP contribution in [0.25, 0.3) is 0 Å². The van der Waals surface area contributed by atoms with Crippen LogP contribution in [0.15, 0.2) is 23.8 Å². The Morgan fingerprint density at radius 2 is 1.89 bits per heavy atom. The minimum absolute atomic E-state index is 1.15. The predicted molar refractivity (Wildman–Crippen MR) is 41.0 cm³/mol. The first-order chi connectivity index (χ1) is 4.39. The summed E-state index contributed by atoms with van der Waals surface area (Å²) in [6.07, 6.45) is 11.4. The second-order valence-corrected chi connectivity index (χ2v) is 2.45. The quantitative estimate of drug-likeness (QED) is 0.432. The van der Waals surface area contributed by atoms with Gasteiger partial charge in [0.25, 0.3) is 0 Å². The summed E-state index contributed by atoms with van der Waals surface area (Å²) in [5.74, 6) is 0. The third-order valence-electron chi connectivity index (χ3n) is 1.57. The van der Waals surface area contributed by atoms with Crippen LogP contribution in [0.2, 0.25) is 0 Å². The zero-order valence-corrected chi connectivity index (χ0v) is 5.77. The fourth-order valence-corrected chi connectivity index (χ4v) is 0.990. The first kappa shape index (κ1) is 6.60. The van der Waals surface area contributed by atoms with E-state index in [0.29, 0.717) is 0 Å². The van der Waals surface area contributed by atoms with Gasteiger partial charge in [-0.3, -0.25) is 0 Å². The van der Waals surface area contributed by atoms with Gasteiger partial charge in [-0.05, 0) is 32.6 Å². The van der Waals surface area contributed by atoms with E-state index in [0.717, 1.165) is 6.42 Å². The van der Waals surface area contributed by atoms with Crippen molar-refractivity contribution in [3.8, 4) is 0 Å². The van der Waals surface area contributed by atoms with Crippen LogP contribution in [0, 0.1) is 6.92 Å². The van der Waals surface area contributed by atoms with Crippen LogP contribution in [-0.4, -0.2) is 0 Å². The fourth-order valence-electron chi connectivity index (χ4n) is 0.990. The molecule has 0 bridgehead atoms. The Balaban J connectivity index is 2.41. The molecule has 0 spiro atoms. The molecule has 9 heavy (non-hydrogen) atoms. The van der Waals surface area contributed by atoms with E-state index in [9.17, 15) is 0 Å². The minimum atomic E-state index is 1.15. The first-order valence-corrected chi connectivity index (χ1v) is 3.55. The smallest absolute Gasteiger partial charge is 0.0283 e. The summed E-state index contributed by atoms with van der Waals surface area (Å²) in [6.45, 7) is 3.93. The van der Waals surface area contributed by atoms with Gasteiger partial charge in [0.2, 0.25) is 0 Å². The molecular weight excluding hydrogens is 108 g/mol. The topological polar surface area (TPSA) is 0 Å². The van der Waals surface area contributed by atoms with Crippen LogP contribution in [-0.2, 0) is 0 Å². The van der Waals surface area contributed by atoms with Gasteiger partial charge in [-0.2, -0.15) is 0 Å². The molecule has 49 valence electrons. The Bertz CT molecular complexity index is 129. The highest BCUT2D eigenvalue weighted by molar-refractivity contribution is 5.08. The van der Waals surface area contributed by atoms with Crippen LogP contribution in [0.3, 0.4) is 0 Å². The molecule has 1 rings (SSSR count). The lowest BCUT2D eigenvalue weighted by molar-refractivity contribution is 0.931. The standard InChI is InChI=1S/C9H13/c1-9-7-5-3-2-4-6-8-9/h2-3,8H,1,4-7H2. The largest absolute Gasteiger partial charge is 0.0882 e. The van der Waals surface area contributed by atoms with Crippen molar-refractivity contribution in [2.24, 2.45) is 0 Å². The van der Waals surface area contributed by atoms with E-state index in [2.05, 4.69) is 25.2 Å². The van der Waals surface area contributed by atoms with E-state index < -0.39 is 0 Å². The molecule has 0 amide bonds. The SMILES string of the molecule is [CH2]C1=CCCC=CCC1. The van der Waals surface area contributed by atoms with Gasteiger partial charge in [0, 0.05) is 0 Å². The molecule has 0 heterocycles. The monoisotopic (exact) mass is 121 g/mol. The molecule has 0 aliphatic heterocycles. The normalized spacial score (nSPS) is 20.3. The molecular formula is C9H13. The van der Waals surface area contributed by atoms with Crippen molar-refractivity contribution in [1.82, 2.24) is 0 Å². The lowest BCUT2D eigenvalue weighted by Gasteiger charge is -2.00. The van der Waals surface area contributed by atoms with Crippen molar-refractivity contribution >= 4 is 0 Å². The molecule has 1 aliphatic carbocycles. The Labute approximate surface area is 57.3 Å². The van der Waals surface area contributed by atoms with Crippen molar-refractivity contribution in [2.75, 3.05) is 0 Å². The van der Waals surface area contributed by atoms with E-state index in [4.69, 9.17) is 0 Å². The Morgan fingerprint density at radius 3 is 2.78 bits per heavy atom. The molecule has 1 radical (unpaired) electrons. The van der Waals surface area contributed by atoms with E-state index >= 15 is 0 Å². The molecule has 0 aromatic rings. The van der Waals surface area contributed by atoms with Crippen molar-refractivity contribution in [3.63, 3.8) is 0 Å². The molecule has 0 nitrogen and oxygen atoms in total. The Kier molecular flexibility index (Phi) is 2.56. The average molecular weight is 121 g/mol. The third-order valence-corrected chi connectivity index (χ3v) is 1.57. The van der Waals surface area contributed by atoms with Crippen molar-refractivity contribution in [3.05, 3.63) is 30.7 Å². The molecule has 0 heteroatoms. The van der Waals surface area contributed by atoms with E-state index in [1.807, 2.05) is 0 Å². The van der Waals surface area contributed by atoms with Crippen LogP contribution in [0.4, 0.5) is 0 Å². The maximum absolute atomic E-state index is 3.93. The highest BCUT2D eigenvalue weighted by Gasteiger charge is 1.90. The van der Waals surface area contributed by atoms with Gasteiger partial charge in [0.05, 0.1) is 0 Å². The van der Waals surface area contributed by atoms with Gasteiger partial charge in [-0.25, -0.2) is 0 Å². The summed E-state index contributed by atoms with van der Waals surface area (Å²) in [6, 6.07) is 0. The maximum atomic E-state index is 3.93. The molecule has 0 fully saturated rings. The molecule has 0 aromatic heterocycles. The Morgan fingerprint density at radius 1 is 1.11 bits per heavy atom. The van der Waals surface area contributed by atoms with Crippen LogP contribution >= 0.6 is 0 Å². The Hall–Kier alpha value is -0.520. The predicted octanol–water partition coefficient (Wildman–Crippen LogP) is 2.88. The van der Waals surface area contributed by atoms with Gasteiger partial charge in [0.15, 0.2) is 0 Å². The highest BCUT2D eigenvalue weighted by atomic mass is 14.0. The van der Waals surface area contributed by atoms with Crippen LogP contribution < -0.4 is 0 Å². The van der Waals surface area contributed by atoms with Gasteiger partial charge in [-0.1, -0.05) is 23.8 Å². The van der Waals surface area contributed by atoms with Crippen LogP contribution in [0.5, 0.6) is 0 Å². The number of rotatable bonds is 0. The summed E-state index contributed by atoms with van der Waals surface area (Å²) in [4.78, 5) is 0. The number of hydrogen-bond acceptors (Lipinski definition) is 0. The lowest BCUT2D eigenvalue weighted by atomic mass is 10.1. The highest BCUT2D eigenvalue weighted by Crippen LogP contribution is 2.10. The molecule has 0 N–H and O–H groups in total. The molecule has 0 aromatic carbocycles. The summed E-state index contributed by atoms with van der Waals surface area (Å²) < 4.78 is 0. The van der Waals surface area contributed by atoms with E-state index in [1.54, 1.807) is 0 Å². The second kappa shape index (κ2) is 3.49. The first-order valence-electron chi connectivity index (χ1n) is 3.55. The molecule has 0 saturated carbocycles. The van der Waals surface area contributed by atoms with Gasteiger partial charge >= 0.3 is 0 Å². The van der Waals surface area contributed by atoms with Gasteiger partial charge in [-0.15, -0.1) is 0 Å². The van der Waals surface area contributed by atoms with E-state index in [-0.39, 0.29) is 0 Å². The van der Waals surface area contributed by atoms with Crippen molar-refractivity contribution in [2.45, 2.75) is 25.7 Å². The van der Waals surface area contributed by atoms with Gasteiger partial charge in [0.1, 0.15) is 0 Å². The molecule has 0 atom stereocenters. The summed E-state index contributed by atoms with van der Waals surface area (Å²) in [7, 11) is 0. The second-order valence-electron chi connectivity index (χ2n) is 2.45. The zero-order chi connectivity index (χ0) is 6.53. The zero-order valence-electron chi connectivity index (χ0n) is 5.77. The fraction of sp³-hybridized carbons (Fsp3) is 0.444. The summed E-state index contributed by atoms with van der Waals surface area (Å²) >= 11 is 0. The average Bonchev–Trinajstić information content (AvgIpc) is 1.79. The van der Waals surface area contributed by atoms with Crippen LogP contribution in [0.1, 0.15) is 25.7 Å². The summed E-state index contributed by atoms with van der Waals surface area (Å²) in [5, 5.41) is 0. The molecule has 0 unspecified atom stereocenters. The molecule has 0 saturated heterocycles. The summed E-state index contributed by atoms with van der Waals surface area (Å²) in [5.41, 5.74) is 1.30. The molecule has 1 aliphatic rings. The lowest BCUT2D eigenvalue weighted by Crippen LogP contribution is -1.80. The number of allylic oxidation sites excluding steroid dienone is 4. The maximum Gasteiger partial charge on any atom is -0.0283 e. The minimum Gasteiger partial charge on any atom is -0.0882 e. The number of hydrogen-bond donors (Lipinski definition) is 0. The van der Waals surface area contributed by atoms with Crippen molar-refractivity contribution < 1.29 is 0 Å². The third kappa shape index (κ3) is 2.50. The van der Waals surface area contributed by atoms with E-state index in [1.165, 1.54) is 24.8 Å². The van der Waals surface area contributed by atoms with Crippen molar-refractivity contribution in [1.29, 1.82) is 0 Å². The van der Waals surface area contributed by atoms with Gasteiger partial charge < -0.3 is 0 Å².